The van der Waals surface area contributed by atoms with Gasteiger partial charge in [0.2, 0.25) is 0 Å². The first-order valence-electron chi connectivity index (χ1n) is 4.61. The minimum Gasteiger partial charge on any atom is -0.310 e. The molecule has 2 aromatic heterocycles. The molecule has 0 radical (unpaired) electrons. The van der Waals surface area contributed by atoms with Crippen LogP contribution in [0.3, 0.4) is 0 Å². The number of aromatic nitrogens is 2. The third kappa shape index (κ3) is 2.51. The zero-order valence-corrected chi connectivity index (χ0v) is 10.6. The molecule has 0 bridgehead atoms. The summed E-state index contributed by atoms with van der Waals surface area (Å²) in [4.78, 5) is 15.7. The van der Waals surface area contributed by atoms with Crippen molar-refractivity contribution in [3.8, 4) is 0 Å². The van der Waals surface area contributed by atoms with Crippen LogP contribution >= 0.6 is 27.5 Å². The van der Waals surface area contributed by atoms with Gasteiger partial charge < -0.3 is 4.57 Å². The smallest absolute Gasteiger partial charge is 0.269 e. The van der Waals surface area contributed by atoms with Gasteiger partial charge in [0.1, 0.15) is 5.02 Å². The van der Waals surface area contributed by atoms with E-state index in [1.165, 1.54) is 0 Å². The van der Waals surface area contributed by atoms with Crippen LogP contribution in [0.15, 0.2) is 46.1 Å². The number of rotatable bonds is 2. The highest BCUT2D eigenvalue weighted by Crippen LogP contribution is 2.10. The summed E-state index contributed by atoms with van der Waals surface area (Å²) in [6, 6.07) is 5.25. The van der Waals surface area contributed by atoms with Crippen LogP contribution in [0.5, 0.6) is 0 Å². The van der Waals surface area contributed by atoms with Crippen LogP contribution < -0.4 is 5.56 Å². The van der Waals surface area contributed by atoms with Crippen molar-refractivity contribution in [2.45, 2.75) is 6.54 Å². The summed E-state index contributed by atoms with van der Waals surface area (Å²) in [7, 11) is 0. The van der Waals surface area contributed by atoms with E-state index in [4.69, 9.17) is 11.6 Å². The predicted octanol–water partition coefficient (Wildman–Crippen LogP) is 2.71. The predicted molar refractivity (Wildman–Crippen MR) is 66.8 cm³/mol. The normalized spacial score (nSPS) is 10.4. The monoisotopic (exact) mass is 298 g/mol. The van der Waals surface area contributed by atoms with Crippen LogP contribution in [0, 0.1) is 0 Å². The van der Waals surface area contributed by atoms with Gasteiger partial charge in [-0.1, -0.05) is 11.6 Å². The minimum atomic E-state index is -0.191. The lowest BCUT2D eigenvalue weighted by molar-refractivity contribution is 0.756. The molecule has 0 fully saturated rings. The Hall–Kier alpha value is -1.13. The fourth-order valence-corrected chi connectivity index (χ4v) is 1.96. The molecule has 2 rings (SSSR count). The van der Waals surface area contributed by atoms with Gasteiger partial charge in [0.15, 0.2) is 0 Å². The fourth-order valence-electron chi connectivity index (χ4n) is 1.37. The zero-order chi connectivity index (χ0) is 11.5. The highest BCUT2D eigenvalue weighted by molar-refractivity contribution is 9.10. The third-order valence-corrected chi connectivity index (χ3v) is 2.81. The van der Waals surface area contributed by atoms with E-state index in [2.05, 4.69) is 20.9 Å². The summed E-state index contributed by atoms with van der Waals surface area (Å²) in [6.07, 6.45) is 5.12. The molecule has 0 aliphatic carbocycles. The first-order valence-corrected chi connectivity index (χ1v) is 5.78. The highest BCUT2D eigenvalue weighted by Gasteiger charge is 2.01. The highest BCUT2D eigenvalue weighted by atomic mass is 79.9. The molecule has 0 aromatic carbocycles. The standard InChI is InChI=1S/C11H8BrClN2O/c12-9-4-8(5-14-6-9)7-15-3-1-2-10(13)11(15)16/h1-6H,7H2. The molecule has 0 unspecified atom stereocenters. The van der Waals surface area contributed by atoms with E-state index in [9.17, 15) is 4.79 Å². The van der Waals surface area contributed by atoms with Crippen molar-refractivity contribution >= 4 is 27.5 Å². The van der Waals surface area contributed by atoms with Gasteiger partial charge in [-0.25, -0.2) is 0 Å². The zero-order valence-electron chi connectivity index (χ0n) is 8.23. The molecule has 16 heavy (non-hydrogen) atoms. The van der Waals surface area contributed by atoms with Crippen LogP contribution in [0.2, 0.25) is 5.02 Å². The molecular formula is C11H8BrClN2O. The van der Waals surface area contributed by atoms with Gasteiger partial charge in [0.25, 0.3) is 5.56 Å². The topological polar surface area (TPSA) is 34.9 Å². The lowest BCUT2D eigenvalue weighted by Gasteiger charge is -2.05. The quantitative estimate of drug-likeness (QED) is 0.854. The molecular weight excluding hydrogens is 291 g/mol. The van der Waals surface area contributed by atoms with Crippen LogP contribution in [0.4, 0.5) is 0 Å². The summed E-state index contributed by atoms with van der Waals surface area (Å²) >= 11 is 9.09. The summed E-state index contributed by atoms with van der Waals surface area (Å²) < 4.78 is 2.44. The summed E-state index contributed by atoms with van der Waals surface area (Å²) in [6.45, 7) is 0.464. The van der Waals surface area contributed by atoms with Gasteiger partial charge in [-0.3, -0.25) is 9.78 Å². The first kappa shape index (κ1) is 11.4. The fraction of sp³-hybridized carbons (Fsp3) is 0.0909. The third-order valence-electron chi connectivity index (χ3n) is 2.09. The lowest BCUT2D eigenvalue weighted by Crippen LogP contribution is -2.19. The lowest BCUT2D eigenvalue weighted by atomic mass is 10.3. The Bertz CT molecular complexity index is 568. The van der Waals surface area contributed by atoms with E-state index in [1.54, 1.807) is 35.3 Å². The Labute approximate surface area is 106 Å². The summed E-state index contributed by atoms with van der Waals surface area (Å²) in [5.41, 5.74) is 0.753. The molecule has 0 amide bonds. The molecule has 0 spiro atoms. The summed E-state index contributed by atoms with van der Waals surface area (Å²) in [5, 5.41) is 0.227. The van der Waals surface area contributed by atoms with Crippen LogP contribution in [0.1, 0.15) is 5.56 Å². The average molecular weight is 300 g/mol. The SMILES string of the molecule is O=c1c(Cl)cccn1Cc1cncc(Br)c1. The molecule has 2 heterocycles. The molecule has 0 N–H and O–H groups in total. The Morgan fingerprint density at radius 1 is 1.44 bits per heavy atom. The van der Waals surface area contributed by atoms with E-state index in [-0.39, 0.29) is 10.6 Å². The van der Waals surface area contributed by atoms with Crippen molar-refractivity contribution in [1.82, 2.24) is 9.55 Å². The second-order valence-corrected chi connectivity index (χ2v) is 4.62. The van der Waals surface area contributed by atoms with Crippen molar-refractivity contribution in [1.29, 1.82) is 0 Å². The molecule has 0 aliphatic heterocycles. The number of hydrogen-bond donors (Lipinski definition) is 0. The van der Waals surface area contributed by atoms with E-state index >= 15 is 0 Å². The molecule has 3 nitrogen and oxygen atoms in total. The van der Waals surface area contributed by atoms with Gasteiger partial charge >= 0.3 is 0 Å². The van der Waals surface area contributed by atoms with Gasteiger partial charge in [0, 0.05) is 23.1 Å². The van der Waals surface area contributed by atoms with Crippen molar-refractivity contribution < 1.29 is 0 Å². The molecule has 0 saturated heterocycles. The molecule has 0 aliphatic rings. The van der Waals surface area contributed by atoms with Crippen LogP contribution in [-0.2, 0) is 6.54 Å². The Morgan fingerprint density at radius 3 is 3.00 bits per heavy atom. The van der Waals surface area contributed by atoms with E-state index < -0.39 is 0 Å². The van der Waals surface area contributed by atoms with E-state index in [0.717, 1.165) is 10.0 Å². The summed E-state index contributed by atoms with van der Waals surface area (Å²) in [5.74, 6) is 0. The van der Waals surface area contributed by atoms with Crippen LogP contribution in [0.25, 0.3) is 0 Å². The maximum atomic E-state index is 11.7. The van der Waals surface area contributed by atoms with Gasteiger partial charge in [0.05, 0.1) is 6.54 Å². The van der Waals surface area contributed by atoms with Gasteiger partial charge in [-0.2, -0.15) is 0 Å². The van der Waals surface area contributed by atoms with E-state index in [1.807, 2.05) is 6.07 Å². The Kier molecular flexibility index (Phi) is 3.41. The van der Waals surface area contributed by atoms with E-state index in [0.29, 0.717) is 6.54 Å². The number of halogens is 2. The minimum absolute atomic E-state index is 0.191. The molecule has 0 atom stereocenters. The largest absolute Gasteiger partial charge is 0.310 e. The van der Waals surface area contributed by atoms with Gasteiger partial charge in [-0.15, -0.1) is 0 Å². The van der Waals surface area contributed by atoms with Crippen molar-refractivity contribution in [3.05, 3.63) is 62.2 Å². The maximum absolute atomic E-state index is 11.7. The molecule has 0 saturated carbocycles. The Balaban J connectivity index is 2.34. The van der Waals surface area contributed by atoms with Crippen molar-refractivity contribution in [2.75, 3.05) is 0 Å². The molecule has 82 valence electrons. The van der Waals surface area contributed by atoms with Gasteiger partial charge in [-0.05, 0) is 39.7 Å². The maximum Gasteiger partial charge on any atom is 0.269 e. The van der Waals surface area contributed by atoms with Crippen LogP contribution in [-0.4, -0.2) is 9.55 Å². The Morgan fingerprint density at radius 2 is 2.25 bits per heavy atom. The number of hydrogen-bond acceptors (Lipinski definition) is 2. The molecule has 5 heteroatoms. The second-order valence-electron chi connectivity index (χ2n) is 3.30. The molecule has 2 aromatic rings. The number of nitrogens with zero attached hydrogens (tertiary/aromatic N) is 2. The average Bonchev–Trinajstić information content (AvgIpc) is 2.25. The van der Waals surface area contributed by atoms with Crippen molar-refractivity contribution in [3.63, 3.8) is 0 Å². The van der Waals surface area contributed by atoms with Crippen molar-refractivity contribution in [2.24, 2.45) is 0 Å². The first-order chi connectivity index (χ1) is 7.66. The second kappa shape index (κ2) is 4.80. The number of pyridine rings is 2.